The molecule has 0 aliphatic heterocycles. The van der Waals surface area contributed by atoms with Gasteiger partial charge in [-0.25, -0.2) is 0 Å². The molecule has 0 heterocycles. The van der Waals surface area contributed by atoms with Crippen LogP contribution >= 0.6 is 0 Å². The molecular weight excluding hydrogens is 226 g/mol. The van der Waals surface area contributed by atoms with Crippen molar-refractivity contribution >= 4 is 5.69 Å². The van der Waals surface area contributed by atoms with Gasteiger partial charge in [-0.3, -0.25) is 0 Å². The molecule has 3 heteroatoms. The van der Waals surface area contributed by atoms with Crippen LogP contribution in [0.4, 0.5) is 5.69 Å². The molecular formula is C15H17NO2. The van der Waals surface area contributed by atoms with Crippen LogP contribution in [0.5, 0.6) is 11.5 Å². The van der Waals surface area contributed by atoms with Crippen molar-refractivity contribution in [2.45, 2.75) is 6.54 Å². The van der Waals surface area contributed by atoms with E-state index in [-0.39, 0.29) is 0 Å². The number of hydrogen-bond acceptors (Lipinski definition) is 3. The molecule has 0 unspecified atom stereocenters. The Morgan fingerprint density at radius 3 is 2.28 bits per heavy atom. The van der Waals surface area contributed by atoms with Gasteiger partial charge in [0.1, 0.15) is 11.5 Å². The average molecular weight is 243 g/mol. The molecule has 0 fully saturated rings. The Morgan fingerprint density at radius 2 is 1.61 bits per heavy atom. The third-order valence-corrected chi connectivity index (χ3v) is 2.73. The molecule has 3 nitrogen and oxygen atoms in total. The summed E-state index contributed by atoms with van der Waals surface area (Å²) in [6.07, 6.45) is 0. The Hall–Kier alpha value is -2.16. The van der Waals surface area contributed by atoms with Gasteiger partial charge in [-0.15, -0.1) is 0 Å². The summed E-state index contributed by atoms with van der Waals surface area (Å²) < 4.78 is 10.3. The van der Waals surface area contributed by atoms with E-state index >= 15 is 0 Å². The highest BCUT2D eigenvalue weighted by molar-refractivity contribution is 5.48. The Bertz CT molecular complexity index is 494. The van der Waals surface area contributed by atoms with Crippen LogP contribution in [0.25, 0.3) is 0 Å². The van der Waals surface area contributed by atoms with Crippen LogP contribution in [0.3, 0.4) is 0 Å². The van der Waals surface area contributed by atoms with Gasteiger partial charge in [0, 0.05) is 18.3 Å². The van der Waals surface area contributed by atoms with Gasteiger partial charge in [-0.05, 0) is 29.8 Å². The number of benzene rings is 2. The molecule has 0 radical (unpaired) electrons. The van der Waals surface area contributed by atoms with Gasteiger partial charge in [0.15, 0.2) is 0 Å². The van der Waals surface area contributed by atoms with E-state index in [4.69, 9.17) is 9.47 Å². The highest BCUT2D eigenvalue weighted by atomic mass is 16.5. The highest BCUT2D eigenvalue weighted by Crippen LogP contribution is 2.18. The van der Waals surface area contributed by atoms with Crippen molar-refractivity contribution in [2.24, 2.45) is 0 Å². The van der Waals surface area contributed by atoms with Crippen LogP contribution in [0, 0.1) is 0 Å². The number of hydrogen-bond donors (Lipinski definition) is 1. The molecule has 0 spiro atoms. The lowest BCUT2D eigenvalue weighted by Crippen LogP contribution is -1.99. The normalized spacial score (nSPS) is 9.89. The minimum atomic E-state index is 0.775. The van der Waals surface area contributed by atoms with Gasteiger partial charge in [0.25, 0.3) is 0 Å². The molecule has 2 rings (SSSR count). The zero-order chi connectivity index (χ0) is 12.8. The molecule has 2 aromatic carbocycles. The fraction of sp³-hybridized carbons (Fsp3) is 0.200. The first-order valence-electron chi connectivity index (χ1n) is 5.82. The van der Waals surface area contributed by atoms with Gasteiger partial charge in [0.2, 0.25) is 0 Å². The van der Waals surface area contributed by atoms with Crippen LogP contribution in [0.1, 0.15) is 5.56 Å². The summed E-state index contributed by atoms with van der Waals surface area (Å²) in [7, 11) is 3.34. The van der Waals surface area contributed by atoms with Gasteiger partial charge in [-0.2, -0.15) is 0 Å². The fourth-order valence-corrected chi connectivity index (χ4v) is 1.68. The lowest BCUT2D eigenvalue weighted by Gasteiger charge is -2.08. The van der Waals surface area contributed by atoms with Crippen LogP contribution in [0.2, 0.25) is 0 Å². The molecule has 0 aromatic heterocycles. The van der Waals surface area contributed by atoms with E-state index < -0.39 is 0 Å². The molecule has 0 aliphatic rings. The summed E-state index contributed by atoms with van der Waals surface area (Å²) in [4.78, 5) is 0. The van der Waals surface area contributed by atoms with Crippen molar-refractivity contribution in [1.82, 2.24) is 0 Å². The Labute approximate surface area is 107 Å². The van der Waals surface area contributed by atoms with Gasteiger partial charge >= 0.3 is 0 Å². The maximum Gasteiger partial charge on any atom is 0.120 e. The molecule has 0 bridgehead atoms. The summed E-state index contributed by atoms with van der Waals surface area (Å²) in [5.41, 5.74) is 2.25. The Balaban J connectivity index is 1.97. The van der Waals surface area contributed by atoms with E-state index in [1.54, 1.807) is 14.2 Å². The number of anilines is 1. The van der Waals surface area contributed by atoms with Crippen molar-refractivity contribution in [3.8, 4) is 11.5 Å². The van der Waals surface area contributed by atoms with Crippen LogP contribution in [-0.4, -0.2) is 14.2 Å². The maximum absolute atomic E-state index is 5.18. The maximum atomic E-state index is 5.18. The smallest absolute Gasteiger partial charge is 0.120 e. The van der Waals surface area contributed by atoms with Crippen molar-refractivity contribution in [1.29, 1.82) is 0 Å². The number of rotatable bonds is 5. The molecule has 0 amide bonds. The Morgan fingerprint density at radius 1 is 0.889 bits per heavy atom. The molecule has 0 saturated carbocycles. The molecule has 0 saturated heterocycles. The monoisotopic (exact) mass is 243 g/mol. The van der Waals surface area contributed by atoms with Crippen molar-refractivity contribution in [3.05, 3.63) is 54.1 Å². The van der Waals surface area contributed by atoms with Crippen molar-refractivity contribution in [3.63, 3.8) is 0 Å². The first kappa shape index (κ1) is 12.3. The van der Waals surface area contributed by atoms with Gasteiger partial charge in [0.05, 0.1) is 14.2 Å². The SMILES string of the molecule is COc1ccc(CNc2cccc(OC)c2)cc1. The summed E-state index contributed by atoms with van der Waals surface area (Å²) in [6, 6.07) is 15.9. The topological polar surface area (TPSA) is 30.5 Å². The van der Waals surface area contributed by atoms with E-state index in [2.05, 4.69) is 5.32 Å². The first-order valence-corrected chi connectivity index (χ1v) is 5.82. The minimum Gasteiger partial charge on any atom is -0.497 e. The summed E-state index contributed by atoms with van der Waals surface area (Å²) >= 11 is 0. The quantitative estimate of drug-likeness (QED) is 0.873. The lowest BCUT2D eigenvalue weighted by molar-refractivity contribution is 0.414. The van der Waals surface area contributed by atoms with E-state index in [0.717, 1.165) is 23.7 Å². The van der Waals surface area contributed by atoms with Crippen LogP contribution in [-0.2, 0) is 6.54 Å². The largest absolute Gasteiger partial charge is 0.497 e. The second-order valence-corrected chi connectivity index (χ2v) is 3.93. The fourth-order valence-electron chi connectivity index (χ4n) is 1.68. The number of nitrogens with one attached hydrogen (secondary N) is 1. The second-order valence-electron chi connectivity index (χ2n) is 3.93. The second kappa shape index (κ2) is 5.96. The van der Waals surface area contributed by atoms with Crippen LogP contribution < -0.4 is 14.8 Å². The lowest BCUT2D eigenvalue weighted by atomic mass is 10.2. The molecule has 0 atom stereocenters. The van der Waals surface area contributed by atoms with E-state index in [1.165, 1.54) is 5.56 Å². The predicted octanol–water partition coefficient (Wildman–Crippen LogP) is 3.32. The van der Waals surface area contributed by atoms with Crippen molar-refractivity contribution < 1.29 is 9.47 Å². The van der Waals surface area contributed by atoms with E-state index in [0.29, 0.717) is 0 Å². The summed E-state index contributed by atoms with van der Waals surface area (Å²) in [5.74, 6) is 1.73. The molecule has 0 aliphatic carbocycles. The van der Waals surface area contributed by atoms with Gasteiger partial charge < -0.3 is 14.8 Å². The number of ether oxygens (including phenoxy) is 2. The molecule has 18 heavy (non-hydrogen) atoms. The first-order chi connectivity index (χ1) is 8.81. The third kappa shape index (κ3) is 3.17. The standard InChI is InChI=1S/C15H17NO2/c1-17-14-8-6-12(7-9-14)11-16-13-4-3-5-15(10-13)18-2/h3-10,16H,11H2,1-2H3. The average Bonchev–Trinajstić information content (AvgIpc) is 2.46. The summed E-state index contributed by atoms with van der Waals surface area (Å²) in [5, 5.41) is 3.35. The zero-order valence-electron chi connectivity index (χ0n) is 10.6. The minimum absolute atomic E-state index is 0.775. The molecule has 94 valence electrons. The Kier molecular flexibility index (Phi) is 4.07. The van der Waals surface area contributed by atoms with E-state index in [9.17, 15) is 0 Å². The molecule has 1 N–H and O–H groups in total. The highest BCUT2D eigenvalue weighted by Gasteiger charge is 1.97. The van der Waals surface area contributed by atoms with Crippen molar-refractivity contribution in [2.75, 3.05) is 19.5 Å². The van der Waals surface area contributed by atoms with E-state index in [1.807, 2.05) is 48.5 Å². The van der Waals surface area contributed by atoms with Crippen LogP contribution in [0.15, 0.2) is 48.5 Å². The predicted molar refractivity (Wildman–Crippen MR) is 73.3 cm³/mol. The molecule has 2 aromatic rings. The zero-order valence-corrected chi connectivity index (χ0v) is 10.6. The summed E-state index contributed by atoms with van der Waals surface area (Å²) in [6.45, 7) is 0.775. The number of methoxy groups -OCH3 is 2. The third-order valence-electron chi connectivity index (χ3n) is 2.73. The van der Waals surface area contributed by atoms with Gasteiger partial charge in [-0.1, -0.05) is 18.2 Å².